The Bertz CT molecular complexity index is 422. The quantitative estimate of drug-likeness (QED) is 0.780. The number of aryl methyl sites for hydroxylation is 1. The zero-order chi connectivity index (χ0) is 9.97. The van der Waals surface area contributed by atoms with Crippen molar-refractivity contribution in [2.75, 3.05) is 0 Å². The molecule has 0 fully saturated rings. The lowest BCUT2D eigenvalue weighted by molar-refractivity contribution is 1.24. The number of aromatic nitrogens is 1. The third-order valence-corrected chi connectivity index (χ3v) is 3.95. The van der Waals surface area contributed by atoms with Crippen molar-refractivity contribution < 1.29 is 0 Å². The number of nitrogens with zero attached hydrogens (tertiary/aromatic N) is 1. The van der Waals surface area contributed by atoms with E-state index < -0.39 is 0 Å². The van der Waals surface area contributed by atoms with Gasteiger partial charge in [-0.25, -0.2) is 4.98 Å². The molecule has 0 unspecified atom stereocenters. The molecule has 0 radical (unpaired) electrons. The van der Waals surface area contributed by atoms with E-state index in [2.05, 4.69) is 36.2 Å². The van der Waals surface area contributed by atoms with Crippen molar-refractivity contribution in [2.24, 2.45) is 0 Å². The standard InChI is InChI=1S/C10H8ClNS2/c1-7-2-4-8(5-3-7)14-10-12-9(11)6-13-10/h2-6H,1H3. The fourth-order valence-corrected chi connectivity index (χ4v) is 2.96. The van der Waals surface area contributed by atoms with Gasteiger partial charge in [0.05, 0.1) is 0 Å². The molecule has 0 aliphatic heterocycles. The second-order valence-corrected chi connectivity index (χ2v) is 5.42. The van der Waals surface area contributed by atoms with E-state index in [9.17, 15) is 0 Å². The molecular formula is C10H8ClNS2. The van der Waals surface area contributed by atoms with E-state index in [1.165, 1.54) is 10.5 Å². The molecule has 1 heterocycles. The highest BCUT2D eigenvalue weighted by atomic mass is 35.5. The maximum Gasteiger partial charge on any atom is 0.156 e. The lowest BCUT2D eigenvalue weighted by Gasteiger charge is -1.97. The molecule has 0 spiro atoms. The van der Waals surface area contributed by atoms with Gasteiger partial charge in [-0.3, -0.25) is 0 Å². The molecule has 14 heavy (non-hydrogen) atoms. The Kier molecular flexibility index (Phi) is 3.11. The summed E-state index contributed by atoms with van der Waals surface area (Å²) in [6.07, 6.45) is 0. The fourth-order valence-electron chi connectivity index (χ4n) is 0.993. The van der Waals surface area contributed by atoms with Crippen molar-refractivity contribution in [1.82, 2.24) is 4.98 Å². The maximum absolute atomic E-state index is 5.74. The van der Waals surface area contributed by atoms with E-state index >= 15 is 0 Å². The van der Waals surface area contributed by atoms with Gasteiger partial charge in [0.2, 0.25) is 0 Å². The first kappa shape index (κ1) is 10.0. The van der Waals surface area contributed by atoms with E-state index in [0.717, 1.165) is 4.34 Å². The van der Waals surface area contributed by atoms with E-state index in [1.54, 1.807) is 23.1 Å². The van der Waals surface area contributed by atoms with Gasteiger partial charge in [-0.05, 0) is 19.1 Å². The average molecular weight is 242 g/mol. The van der Waals surface area contributed by atoms with Crippen LogP contribution in [-0.2, 0) is 0 Å². The van der Waals surface area contributed by atoms with Crippen LogP contribution in [0.15, 0.2) is 38.9 Å². The second kappa shape index (κ2) is 4.34. The van der Waals surface area contributed by atoms with Gasteiger partial charge >= 0.3 is 0 Å². The van der Waals surface area contributed by atoms with Crippen molar-refractivity contribution in [2.45, 2.75) is 16.2 Å². The van der Waals surface area contributed by atoms with Crippen LogP contribution in [-0.4, -0.2) is 4.98 Å². The molecule has 72 valence electrons. The predicted octanol–water partition coefficient (Wildman–Crippen LogP) is 4.26. The number of benzene rings is 1. The lowest BCUT2D eigenvalue weighted by atomic mass is 10.2. The normalized spacial score (nSPS) is 10.4. The van der Waals surface area contributed by atoms with Gasteiger partial charge in [0.1, 0.15) is 5.15 Å². The molecule has 0 N–H and O–H groups in total. The smallest absolute Gasteiger partial charge is 0.156 e. The van der Waals surface area contributed by atoms with E-state index in [4.69, 9.17) is 11.6 Å². The van der Waals surface area contributed by atoms with Crippen LogP contribution in [0, 0.1) is 6.92 Å². The summed E-state index contributed by atoms with van der Waals surface area (Å²) >= 11 is 8.95. The Balaban J connectivity index is 2.15. The minimum Gasteiger partial charge on any atom is -0.218 e. The van der Waals surface area contributed by atoms with Crippen molar-refractivity contribution >= 4 is 34.7 Å². The maximum atomic E-state index is 5.74. The first-order valence-corrected chi connectivity index (χ1v) is 6.17. The number of thiazole rings is 1. The van der Waals surface area contributed by atoms with E-state index in [-0.39, 0.29) is 0 Å². The van der Waals surface area contributed by atoms with Crippen LogP contribution >= 0.6 is 34.7 Å². The van der Waals surface area contributed by atoms with Crippen molar-refractivity contribution in [3.63, 3.8) is 0 Å². The molecule has 1 aromatic heterocycles. The van der Waals surface area contributed by atoms with Crippen LogP contribution in [0.4, 0.5) is 0 Å². The lowest BCUT2D eigenvalue weighted by Crippen LogP contribution is -1.73. The molecule has 2 rings (SSSR count). The number of hydrogen-bond acceptors (Lipinski definition) is 3. The third kappa shape index (κ3) is 2.50. The van der Waals surface area contributed by atoms with Gasteiger partial charge in [-0.1, -0.05) is 41.1 Å². The summed E-state index contributed by atoms with van der Waals surface area (Å²) in [6.45, 7) is 2.08. The molecule has 4 heteroatoms. The van der Waals surface area contributed by atoms with Crippen LogP contribution in [0.25, 0.3) is 0 Å². The highest BCUT2D eigenvalue weighted by Gasteiger charge is 2.01. The first-order chi connectivity index (χ1) is 6.74. The van der Waals surface area contributed by atoms with Gasteiger partial charge in [-0.15, -0.1) is 11.3 Å². The van der Waals surface area contributed by atoms with Gasteiger partial charge in [0, 0.05) is 10.3 Å². The third-order valence-electron chi connectivity index (χ3n) is 1.68. The Morgan fingerprint density at radius 1 is 1.29 bits per heavy atom. The minimum atomic E-state index is 0.574. The molecule has 0 saturated carbocycles. The highest BCUT2D eigenvalue weighted by molar-refractivity contribution is 8.01. The molecule has 0 bridgehead atoms. The summed E-state index contributed by atoms with van der Waals surface area (Å²) in [5.74, 6) is 0. The number of hydrogen-bond donors (Lipinski definition) is 0. The summed E-state index contributed by atoms with van der Waals surface area (Å²) < 4.78 is 0.985. The molecule has 1 nitrogen and oxygen atoms in total. The molecule has 0 amide bonds. The summed E-state index contributed by atoms with van der Waals surface area (Å²) in [6, 6.07) is 8.37. The minimum absolute atomic E-state index is 0.574. The highest BCUT2D eigenvalue weighted by Crippen LogP contribution is 2.31. The van der Waals surface area contributed by atoms with Crippen molar-refractivity contribution in [1.29, 1.82) is 0 Å². The molecule has 0 saturated heterocycles. The van der Waals surface area contributed by atoms with Crippen LogP contribution in [0.5, 0.6) is 0 Å². The van der Waals surface area contributed by atoms with Gasteiger partial charge in [0.15, 0.2) is 4.34 Å². The van der Waals surface area contributed by atoms with Crippen LogP contribution in [0.2, 0.25) is 5.15 Å². The van der Waals surface area contributed by atoms with Crippen LogP contribution in [0.1, 0.15) is 5.56 Å². The topological polar surface area (TPSA) is 12.9 Å². The molecule has 0 aliphatic rings. The fraction of sp³-hybridized carbons (Fsp3) is 0.100. The van der Waals surface area contributed by atoms with Gasteiger partial charge < -0.3 is 0 Å². The zero-order valence-corrected chi connectivity index (χ0v) is 9.92. The Labute approximate surface area is 96.1 Å². The Morgan fingerprint density at radius 3 is 2.57 bits per heavy atom. The van der Waals surface area contributed by atoms with Crippen LogP contribution in [0.3, 0.4) is 0 Å². The molecule has 0 aliphatic carbocycles. The monoisotopic (exact) mass is 241 g/mol. The molecular weight excluding hydrogens is 234 g/mol. The van der Waals surface area contributed by atoms with Gasteiger partial charge in [0.25, 0.3) is 0 Å². The number of rotatable bonds is 2. The van der Waals surface area contributed by atoms with E-state index in [0.29, 0.717) is 5.15 Å². The first-order valence-electron chi connectivity index (χ1n) is 4.09. The summed E-state index contributed by atoms with van der Waals surface area (Å²) in [4.78, 5) is 5.37. The van der Waals surface area contributed by atoms with Crippen molar-refractivity contribution in [3.05, 3.63) is 40.4 Å². The number of halogens is 1. The summed E-state index contributed by atoms with van der Waals surface area (Å²) in [5, 5.41) is 2.42. The van der Waals surface area contributed by atoms with Crippen molar-refractivity contribution in [3.8, 4) is 0 Å². The largest absolute Gasteiger partial charge is 0.218 e. The molecule has 2 aromatic rings. The molecule has 0 atom stereocenters. The Morgan fingerprint density at radius 2 is 2.00 bits per heavy atom. The van der Waals surface area contributed by atoms with E-state index in [1.807, 2.05) is 5.38 Å². The van der Waals surface area contributed by atoms with Crippen LogP contribution < -0.4 is 0 Å². The SMILES string of the molecule is Cc1ccc(Sc2nc(Cl)cs2)cc1. The second-order valence-electron chi connectivity index (χ2n) is 2.85. The molecule has 1 aromatic carbocycles. The Hall–Kier alpha value is -0.510. The summed E-state index contributed by atoms with van der Waals surface area (Å²) in [7, 11) is 0. The van der Waals surface area contributed by atoms with Gasteiger partial charge in [-0.2, -0.15) is 0 Å². The summed E-state index contributed by atoms with van der Waals surface area (Å²) in [5.41, 5.74) is 1.27. The predicted molar refractivity (Wildman–Crippen MR) is 62.4 cm³/mol. The average Bonchev–Trinajstić information content (AvgIpc) is 2.56. The zero-order valence-electron chi connectivity index (χ0n) is 7.53.